The second-order valence-corrected chi connectivity index (χ2v) is 7.20. The zero-order valence-electron chi connectivity index (χ0n) is 13.5. The van der Waals surface area contributed by atoms with Crippen LogP contribution in [0.25, 0.3) is 0 Å². The lowest BCUT2D eigenvalue weighted by molar-refractivity contribution is 0.00811. The third kappa shape index (κ3) is 3.37. The minimum absolute atomic E-state index is 0.695. The third-order valence-corrected chi connectivity index (χ3v) is 5.62. The van der Waals surface area contributed by atoms with Gasteiger partial charge in [0.05, 0.1) is 13.2 Å². The number of nitrogens with zero attached hydrogens (tertiary/aromatic N) is 2. The van der Waals surface area contributed by atoms with Crippen LogP contribution in [0.5, 0.6) is 0 Å². The minimum atomic E-state index is 0.695. The van der Waals surface area contributed by atoms with Crippen molar-refractivity contribution in [1.29, 1.82) is 0 Å². The molecule has 1 saturated carbocycles. The molecule has 0 unspecified atom stereocenters. The van der Waals surface area contributed by atoms with Crippen molar-refractivity contribution in [2.24, 2.45) is 5.92 Å². The highest BCUT2D eigenvalue weighted by molar-refractivity contribution is 5.17. The lowest BCUT2D eigenvalue weighted by Gasteiger charge is -2.37. The maximum atomic E-state index is 5.56. The number of ether oxygens (including phenoxy) is 1. The van der Waals surface area contributed by atoms with Gasteiger partial charge in [-0.25, -0.2) is 0 Å². The molecular formula is C19H28N2O. The Balaban J connectivity index is 1.48. The number of likely N-dealkylation sites (tertiary alicyclic amines) is 1. The summed E-state index contributed by atoms with van der Waals surface area (Å²) in [7, 11) is 0. The van der Waals surface area contributed by atoms with E-state index in [4.69, 9.17) is 4.74 Å². The SMILES string of the molecule is c1ccc(C[C@@H]2[C@@H](N3CCOCC3)CCN2CC2CC2)cc1. The van der Waals surface area contributed by atoms with Gasteiger partial charge < -0.3 is 4.74 Å². The monoisotopic (exact) mass is 300 g/mol. The standard InChI is InChI=1S/C19H28N2O/c1-2-4-16(5-3-1)14-19-18(20-10-12-22-13-11-20)8-9-21(19)15-17-6-7-17/h1-5,17-19H,6-15H2/t18-,19+/m0/s1. The van der Waals surface area contributed by atoms with Gasteiger partial charge in [0.2, 0.25) is 0 Å². The lowest BCUT2D eigenvalue weighted by Crippen LogP contribution is -2.50. The van der Waals surface area contributed by atoms with Crippen molar-refractivity contribution in [2.45, 2.75) is 37.8 Å². The van der Waals surface area contributed by atoms with E-state index in [1.54, 1.807) is 0 Å². The van der Waals surface area contributed by atoms with Crippen molar-refractivity contribution in [1.82, 2.24) is 9.80 Å². The van der Waals surface area contributed by atoms with Gasteiger partial charge in [-0.15, -0.1) is 0 Å². The Morgan fingerprint density at radius 1 is 0.955 bits per heavy atom. The van der Waals surface area contributed by atoms with E-state index in [1.165, 1.54) is 44.3 Å². The van der Waals surface area contributed by atoms with E-state index in [-0.39, 0.29) is 0 Å². The molecule has 22 heavy (non-hydrogen) atoms. The third-order valence-electron chi connectivity index (χ3n) is 5.62. The molecule has 2 saturated heterocycles. The second-order valence-electron chi connectivity index (χ2n) is 7.20. The van der Waals surface area contributed by atoms with Gasteiger partial charge in [0.25, 0.3) is 0 Å². The molecule has 1 aromatic rings. The second kappa shape index (κ2) is 6.69. The molecule has 0 aromatic heterocycles. The molecule has 0 radical (unpaired) electrons. The van der Waals surface area contributed by atoms with Gasteiger partial charge in [0.1, 0.15) is 0 Å². The van der Waals surface area contributed by atoms with E-state index in [0.29, 0.717) is 6.04 Å². The Bertz CT molecular complexity index is 468. The van der Waals surface area contributed by atoms with E-state index in [1.807, 2.05) is 0 Å². The topological polar surface area (TPSA) is 15.7 Å². The van der Waals surface area contributed by atoms with Crippen molar-refractivity contribution < 1.29 is 4.74 Å². The van der Waals surface area contributed by atoms with Crippen molar-refractivity contribution in [2.75, 3.05) is 39.4 Å². The number of hydrogen-bond donors (Lipinski definition) is 0. The molecule has 2 atom stereocenters. The molecular weight excluding hydrogens is 272 g/mol. The van der Waals surface area contributed by atoms with Crippen LogP contribution in [0.4, 0.5) is 0 Å². The first-order valence-corrected chi connectivity index (χ1v) is 9.00. The van der Waals surface area contributed by atoms with Crippen LogP contribution in [0.1, 0.15) is 24.8 Å². The van der Waals surface area contributed by atoms with Crippen LogP contribution in [0, 0.1) is 5.92 Å². The van der Waals surface area contributed by atoms with Gasteiger partial charge in [-0.1, -0.05) is 30.3 Å². The van der Waals surface area contributed by atoms with Gasteiger partial charge in [-0.05, 0) is 37.2 Å². The first kappa shape index (κ1) is 14.7. The summed E-state index contributed by atoms with van der Waals surface area (Å²) in [5.41, 5.74) is 1.49. The van der Waals surface area contributed by atoms with E-state index in [0.717, 1.165) is 38.3 Å². The summed E-state index contributed by atoms with van der Waals surface area (Å²) in [5, 5.41) is 0. The van der Waals surface area contributed by atoms with Gasteiger partial charge in [-0.3, -0.25) is 9.80 Å². The number of hydrogen-bond acceptors (Lipinski definition) is 3. The maximum absolute atomic E-state index is 5.56. The summed E-state index contributed by atoms with van der Waals surface area (Å²) in [5.74, 6) is 0.988. The van der Waals surface area contributed by atoms with Gasteiger partial charge >= 0.3 is 0 Å². The molecule has 1 aliphatic carbocycles. The molecule has 0 N–H and O–H groups in total. The molecule has 3 fully saturated rings. The van der Waals surface area contributed by atoms with Crippen molar-refractivity contribution in [3.05, 3.63) is 35.9 Å². The molecule has 3 nitrogen and oxygen atoms in total. The summed E-state index contributed by atoms with van der Waals surface area (Å²) in [6, 6.07) is 12.5. The van der Waals surface area contributed by atoms with Crippen LogP contribution in [-0.2, 0) is 11.2 Å². The quantitative estimate of drug-likeness (QED) is 0.830. The van der Waals surface area contributed by atoms with Crippen LogP contribution >= 0.6 is 0 Å². The summed E-state index contributed by atoms with van der Waals surface area (Å²) in [6.45, 7) is 6.68. The van der Waals surface area contributed by atoms with Crippen molar-refractivity contribution in [3.63, 3.8) is 0 Å². The average molecular weight is 300 g/mol. The molecule has 3 heteroatoms. The zero-order chi connectivity index (χ0) is 14.8. The Kier molecular flexibility index (Phi) is 4.47. The minimum Gasteiger partial charge on any atom is -0.379 e. The Labute approximate surface area is 134 Å². The van der Waals surface area contributed by atoms with Crippen LogP contribution in [-0.4, -0.2) is 61.3 Å². The molecule has 1 aromatic carbocycles. The highest BCUT2D eigenvalue weighted by Gasteiger charge is 2.40. The predicted molar refractivity (Wildman–Crippen MR) is 89.0 cm³/mol. The Morgan fingerprint density at radius 3 is 2.45 bits per heavy atom. The van der Waals surface area contributed by atoms with Crippen LogP contribution in [0.2, 0.25) is 0 Å². The molecule has 0 bridgehead atoms. The molecule has 0 amide bonds. The molecule has 3 aliphatic rings. The highest BCUT2D eigenvalue weighted by Crippen LogP contribution is 2.34. The Morgan fingerprint density at radius 2 is 1.73 bits per heavy atom. The van der Waals surface area contributed by atoms with E-state index >= 15 is 0 Å². The van der Waals surface area contributed by atoms with E-state index in [2.05, 4.69) is 40.1 Å². The summed E-state index contributed by atoms with van der Waals surface area (Å²) >= 11 is 0. The van der Waals surface area contributed by atoms with Crippen molar-refractivity contribution in [3.8, 4) is 0 Å². The number of benzene rings is 1. The van der Waals surface area contributed by atoms with Crippen LogP contribution < -0.4 is 0 Å². The van der Waals surface area contributed by atoms with Crippen molar-refractivity contribution >= 4 is 0 Å². The largest absolute Gasteiger partial charge is 0.379 e. The van der Waals surface area contributed by atoms with Crippen LogP contribution in [0.15, 0.2) is 30.3 Å². The van der Waals surface area contributed by atoms with Gasteiger partial charge in [-0.2, -0.15) is 0 Å². The molecule has 4 rings (SSSR count). The maximum Gasteiger partial charge on any atom is 0.0594 e. The summed E-state index contributed by atoms with van der Waals surface area (Å²) < 4.78 is 5.56. The van der Waals surface area contributed by atoms with Crippen LogP contribution in [0.3, 0.4) is 0 Å². The zero-order valence-corrected chi connectivity index (χ0v) is 13.5. The van der Waals surface area contributed by atoms with Gasteiger partial charge in [0, 0.05) is 38.3 Å². The number of rotatable bonds is 5. The van der Waals surface area contributed by atoms with E-state index in [9.17, 15) is 0 Å². The predicted octanol–water partition coefficient (Wildman–Crippen LogP) is 2.41. The highest BCUT2D eigenvalue weighted by atomic mass is 16.5. The summed E-state index contributed by atoms with van der Waals surface area (Å²) in [4.78, 5) is 5.49. The van der Waals surface area contributed by atoms with Gasteiger partial charge in [0.15, 0.2) is 0 Å². The Hall–Kier alpha value is -0.900. The summed E-state index contributed by atoms with van der Waals surface area (Å²) in [6.07, 6.45) is 5.45. The smallest absolute Gasteiger partial charge is 0.0594 e. The molecule has 2 aliphatic heterocycles. The number of morpholine rings is 1. The van der Waals surface area contributed by atoms with E-state index < -0.39 is 0 Å². The fourth-order valence-corrected chi connectivity index (χ4v) is 4.21. The first-order chi connectivity index (χ1) is 10.9. The fourth-order valence-electron chi connectivity index (χ4n) is 4.21. The average Bonchev–Trinajstić information content (AvgIpc) is 3.31. The lowest BCUT2D eigenvalue weighted by atomic mass is 9.98. The normalized spacial score (nSPS) is 30.7. The first-order valence-electron chi connectivity index (χ1n) is 9.00. The molecule has 120 valence electrons. The fraction of sp³-hybridized carbons (Fsp3) is 0.684. The molecule has 0 spiro atoms. The molecule has 2 heterocycles.